The van der Waals surface area contributed by atoms with Crippen LogP contribution >= 0.6 is 0 Å². The third-order valence-electron chi connectivity index (χ3n) is 3.64. The van der Waals surface area contributed by atoms with Gasteiger partial charge in [-0.25, -0.2) is 0 Å². The second-order valence-corrected chi connectivity index (χ2v) is 5.66. The number of nitrogens with one attached hydrogen (secondary N) is 1. The van der Waals surface area contributed by atoms with Gasteiger partial charge in [-0.05, 0) is 31.0 Å². The molecular weight excluding hydrogens is 288 g/mol. The zero-order valence-electron chi connectivity index (χ0n) is 13.5. The molecule has 1 unspecified atom stereocenters. The Labute approximate surface area is 137 Å². The van der Waals surface area contributed by atoms with Crippen LogP contribution in [-0.4, -0.2) is 30.2 Å². The fourth-order valence-corrected chi connectivity index (χ4v) is 2.44. The predicted molar refractivity (Wildman–Crippen MR) is 93.2 cm³/mol. The second-order valence-electron chi connectivity index (χ2n) is 5.66. The maximum atomic E-state index is 12.3. The van der Waals surface area contributed by atoms with E-state index in [1.807, 2.05) is 55.5 Å². The lowest BCUT2D eigenvalue weighted by molar-refractivity contribution is -0.120. The summed E-state index contributed by atoms with van der Waals surface area (Å²) in [6, 6.07) is 20.0. The largest absolute Gasteiger partial charge is 0.396 e. The highest BCUT2D eigenvalue weighted by atomic mass is 16.3. The van der Waals surface area contributed by atoms with E-state index in [0.29, 0.717) is 13.0 Å². The number of carbonyl (C=O) groups is 1. The zero-order valence-corrected chi connectivity index (χ0v) is 13.5. The van der Waals surface area contributed by atoms with Gasteiger partial charge in [-0.3, -0.25) is 4.79 Å². The van der Waals surface area contributed by atoms with Crippen molar-refractivity contribution in [3.8, 4) is 0 Å². The van der Waals surface area contributed by atoms with E-state index in [1.54, 1.807) is 0 Å². The van der Waals surface area contributed by atoms with Crippen molar-refractivity contribution in [3.63, 3.8) is 0 Å². The summed E-state index contributed by atoms with van der Waals surface area (Å²) in [7, 11) is 0. The summed E-state index contributed by atoms with van der Waals surface area (Å²) >= 11 is 0. The van der Waals surface area contributed by atoms with Crippen LogP contribution in [0.3, 0.4) is 0 Å². The van der Waals surface area contributed by atoms with Crippen LogP contribution in [-0.2, 0) is 11.3 Å². The molecule has 0 heterocycles. The fourth-order valence-electron chi connectivity index (χ4n) is 2.44. The number of aliphatic hydroxyl groups excluding tert-OH is 1. The Morgan fingerprint density at radius 3 is 2.30 bits per heavy atom. The molecule has 0 aliphatic heterocycles. The van der Waals surface area contributed by atoms with Crippen LogP contribution in [0, 0.1) is 0 Å². The maximum Gasteiger partial charge on any atom is 0.239 e. The fraction of sp³-hybridized carbons (Fsp3) is 0.316. The molecule has 0 bridgehead atoms. The summed E-state index contributed by atoms with van der Waals surface area (Å²) in [4.78, 5) is 14.3. The predicted octanol–water partition coefficient (Wildman–Crippen LogP) is 2.58. The van der Waals surface area contributed by atoms with E-state index in [-0.39, 0.29) is 25.1 Å². The maximum absolute atomic E-state index is 12.3. The molecule has 0 aliphatic carbocycles. The Balaban J connectivity index is 2.06. The summed E-state index contributed by atoms with van der Waals surface area (Å²) in [6.45, 7) is 2.94. The molecule has 0 fully saturated rings. The highest BCUT2D eigenvalue weighted by Crippen LogP contribution is 2.16. The summed E-state index contributed by atoms with van der Waals surface area (Å²) in [5.74, 6) is -0.0364. The number of hydrogen-bond donors (Lipinski definition) is 2. The van der Waals surface area contributed by atoms with Crippen molar-refractivity contribution in [2.24, 2.45) is 0 Å². The topological polar surface area (TPSA) is 52.6 Å². The minimum atomic E-state index is -0.0364. The molecule has 0 aliphatic rings. The van der Waals surface area contributed by atoms with Gasteiger partial charge in [0.05, 0.1) is 6.54 Å². The SMILES string of the molecule is CC(CCO)NC(=O)CN(Cc1ccccc1)c1ccccc1. The first kappa shape index (κ1) is 17.0. The number of benzene rings is 2. The van der Waals surface area contributed by atoms with Gasteiger partial charge >= 0.3 is 0 Å². The Morgan fingerprint density at radius 1 is 1.09 bits per heavy atom. The number of amides is 1. The third-order valence-corrected chi connectivity index (χ3v) is 3.64. The van der Waals surface area contributed by atoms with Crippen molar-refractivity contribution < 1.29 is 9.90 Å². The molecule has 2 aromatic rings. The van der Waals surface area contributed by atoms with Gasteiger partial charge in [0.25, 0.3) is 0 Å². The second kappa shape index (κ2) is 8.96. The van der Waals surface area contributed by atoms with Gasteiger partial charge in [0.2, 0.25) is 5.91 Å². The molecule has 1 atom stereocenters. The number of hydrogen-bond acceptors (Lipinski definition) is 3. The monoisotopic (exact) mass is 312 g/mol. The lowest BCUT2D eigenvalue weighted by Gasteiger charge is -2.25. The molecular formula is C19H24N2O2. The van der Waals surface area contributed by atoms with Crippen LogP contribution in [0.25, 0.3) is 0 Å². The van der Waals surface area contributed by atoms with E-state index < -0.39 is 0 Å². The van der Waals surface area contributed by atoms with Crippen LogP contribution in [0.4, 0.5) is 5.69 Å². The molecule has 0 saturated heterocycles. The van der Waals surface area contributed by atoms with E-state index in [9.17, 15) is 4.79 Å². The first-order valence-electron chi connectivity index (χ1n) is 7.93. The van der Waals surface area contributed by atoms with Crippen LogP contribution in [0.15, 0.2) is 60.7 Å². The van der Waals surface area contributed by atoms with Crippen LogP contribution in [0.5, 0.6) is 0 Å². The van der Waals surface area contributed by atoms with E-state index in [2.05, 4.69) is 22.3 Å². The first-order chi connectivity index (χ1) is 11.2. The smallest absolute Gasteiger partial charge is 0.239 e. The van der Waals surface area contributed by atoms with E-state index in [0.717, 1.165) is 11.3 Å². The highest BCUT2D eigenvalue weighted by Gasteiger charge is 2.14. The number of carbonyl (C=O) groups excluding carboxylic acids is 1. The van der Waals surface area contributed by atoms with E-state index in [1.165, 1.54) is 0 Å². The normalized spacial score (nSPS) is 11.7. The number of aliphatic hydroxyl groups is 1. The van der Waals surface area contributed by atoms with Crippen LogP contribution in [0.2, 0.25) is 0 Å². The van der Waals surface area contributed by atoms with E-state index in [4.69, 9.17) is 5.11 Å². The van der Waals surface area contributed by atoms with Crippen molar-refractivity contribution in [2.75, 3.05) is 18.1 Å². The molecule has 0 spiro atoms. The first-order valence-corrected chi connectivity index (χ1v) is 7.93. The number of para-hydroxylation sites is 1. The Hall–Kier alpha value is -2.33. The van der Waals surface area contributed by atoms with Crippen LogP contribution in [0.1, 0.15) is 18.9 Å². The van der Waals surface area contributed by atoms with Gasteiger partial charge in [-0.2, -0.15) is 0 Å². The van der Waals surface area contributed by atoms with Crippen molar-refractivity contribution >= 4 is 11.6 Å². The van der Waals surface area contributed by atoms with Gasteiger partial charge in [0, 0.05) is 24.9 Å². The van der Waals surface area contributed by atoms with Crippen LogP contribution < -0.4 is 10.2 Å². The van der Waals surface area contributed by atoms with Crippen molar-refractivity contribution in [1.29, 1.82) is 0 Å². The summed E-state index contributed by atoms with van der Waals surface area (Å²) in [5, 5.41) is 11.9. The minimum Gasteiger partial charge on any atom is -0.396 e. The van der Waals surface area contributed by atoms with E-state index >= 15 is 0 Å². The molecule has 4 heteroatoms. The van der Waals surface area contributed by atoms with Gasteiger partial charge in [0.15, 0.2) is 0 Å². The highest BCUT2D eigenvalue weighted by molar-refractivity contribution is 5.81. The zero-order chi connectivity index (χ0) is 16.5. The van der Waals surface area contributed by atoms with Gasteiger partial charge in [-0.1, -0.05) is 48.5 Å². The molecule has 0 aromatic heterocycles. The summed E-state index contributed by atoms with van der Waals surface area (Å²) in [5.41, 5.74) is 2.17. The average Bonchev–Trinajstić information content (AvgIpc) is 2.56. The molecule has 0 saturated carbocycles. The molecule has 23 heavy (non-hydrogen) atoms. The standard InChI is InChI=1S/C19H24N2O2/c1-16(12-13-22)20-19(23)15-21(18-10-6-3-7-11-18)14-17-8-4-2-5-9-17/h2-11,16,22H,12-15H2,1H3,(H,20,23). The van der Waals surface area contributed by atoms with Gasteiger partial charge in [0.1, 0.15) is 0 Å². The Morgan fingerprint density at radius 2 is 1.70 bits per heavy atom. The lowest BCUT2D eigenvalue weighted by Crippen LogP contribution is -2.41. The summed E-state index contributed by atoms with van der Waals surface area (Å²) < 4.78 is 0. The number of anilines is 1. The molecule has 4 nitrogen and oxygen atoms in total. The van der Waals surface area contributed by atoms with Crippen molar-refractivity contribution in [2.45, 2.75) is 25.9 Å². The number of rotatable bonds is 8. The van der Waals surface area contributed by atoms with Gasteiger partial charge < -0.3 is 15.3 Å². The third kappa shape index (κ3) is 5.75. The Kier molecular flexibility index (Phi) is 6.63. The number of nitrogens with zero attached hydrogens (tertiary/aromatic N) is 1. The van der Waals surface area contributed by atoms with Crippen molar-refractivity contribution in [3.05, 3.63) is 66.2 Å². The van der Waals surface area contributed by atoms with Gasteiger partial charge in [-0.15, -0.1) is 0 Å². The van der Waals surface area contributed by atoms with Crippen molar-refractivity contribution in [1.82, 2.24) is 5.32 Å². The summed E-state index contributed by atoms with van der Waals surface area (Å²) in [6.07, 6.45) is 0.565. The average molecular weight is 312 g/mol. The quantitative estimate of drug-likeness (QED) is 0.788. The molecule has 1 amide bonds. The molecule has 0 radical (unpaired) electrons. The lowest BCUT2D eigenvalue weighted by atomic mass is 10.2. The minimum absolute atomic E-state index is 0.0261. The molecule has 2 rings (SSSR count). The molecule has 2 N–H and O–H groups in total. The Bertz CT molecular complexity index is 587. The molecule has 122 valence electrons. The molecule has 2 aromatic carbocycles.